The molecule has 0 bridgehead atoms. The summed E-state index contributed by atoms with van der Waals surface area (Å²) in [4.78, 5) is 71.5. The van der Waals surface area contributed by atoms with Crippen molar-refractivity contribution < 1.29 is 64.9 Å². The van der Waals surface area contributed by atoms with E-state index in [0.717, 1.165) is 53.0 Å². The minimum absolute atomic E-state index is 0.0157. The maximum absolute atomic E-state index is 15.1. The zero-order valence-corrected chi connectivity index (χ0v) is 35.8. The Morgan fingerprint density at radius 1 is 0.621 bits per heavy atom. The van der Waals surface area contributed by atoms with Crippen molar-refractivity contribution >= 4 is 96.0 Å². The average molecular weight is 953 g/mol. The van der Waals surface area contributed by atoms with Crippen molar-refractivity contribution in [3.05, 3.63) is 175 Å². The Balaban J connectivity index is 1.14. The van der Waals surface area contributed by atoms with Gasteiger partial charge in [-0.2, -0.15) is 26.3 Å². The molecule has 3 aliphatic carbocycles. The molecule has 0 saturated carbocycles. The van der Waals surface area contributed by atoms with Crippen LogP contribution in [0.5, 0.6) is 0 Å². The summed E-state index contributed by atoms with van der Waals surface area (Å²) in [5, 5.41) is 10.7. The van der Waals surface area contributed by atoms with Crippen molar-refractivity contribution in [2.24, 2.45) is 0 Å². The molecule has 3 aromatic heterocycles. The van der Waals surface area contributed by atoms with Crippen LogP contribution in [-0.4, -0.2) is 34.4 Å². The van der Waals surface area contributed by atoms with Crippen LogP contribution in [0.4, 0.5) is 26.3 Å². The van der Waals surface area contributed by atoms with Gasteiger partial charge in [0.2, 0.25) is 17.0 Å². The molecule has 3 aliphatic rings. The molecule has 17 heteroatoms. The average Bonchev–Trinajstić information content (AvgIpc) is 4.12. The molecule has 3 heterocycles. The zero-order chi connectivity index (χ0) is 46.4. The van der Waals surface area contributed by atoms with E-state index in [-0.39, 0.29) is 57.1 Å². The molecule has 0 saturated heterocycles. The van der Waals surface area contributed by atoms with Crippen molar-refractivity contribution in [2.45, 2.75) is 37.1 Å². The number of allylic oxidation sites excluding steroid dienone is 1. The maximum Gasteiger partial charge on any atom is 0.416 e. The van der Waals surface area contributed by atoms with E-state index in [2.05, 4.69) is 0 Å². The highest BCUT2D eigenvalue weighted by atomic mass is 32.1. The van der Waals surface area contributed by atoms with Gasteiger partial charge >= 0.3 is 24.3 Å². The number of esters is 2. The van der Waals surface area contributed by atoms with E-state index in [4.69, 9.17) is 9.47 Å². The highest BCUT2D eigenvalue weighted by molar-refractivity contribution is 7.32. The molecule has 66 heavy (non-hydrogen) atoms. The molecule has 1 atom stereocenters. The van der Waals surface area contributed by atoms with Crippen LogP contribution in [0.1, 0.15) is 76.3 Å². The van der Waals surface area contributed by atoms with Gasteiger partial charge in [-0.1, -0.05) is 72.8 Å². The molecule has 0 amide bonds. The number of ketones is 3. The van der Waals surface area contributed by atoms with E-state index >= 15 is 9.59 Å². The Hall–Kier alpha value is -6.79. The molecule has 0 fully saturated rings. The van der Waals surface area contributed by atoms with Gasteiger partial charge in [-0.25, -0.2) is 0 Å². The lowest BCUT2D eigenvalue weighted by Gasteiger charge is -2.26. The number of Topliss-reactive ketones (excluding diaryl/α,β-unsaturated/α-hetero) is 3. The van der Waals surface area contributed by atoms with E-state index in [1.807, 2.05) is 0 Å². The highest BCUT2D eigenvalue weighted by Crippen LogP contribution is 2.61. The first-order valence-corrected chi connectivity index (χ1v) is 22.2. The van der Waals surface area contributed by atoms with E-state index < -0.39 is 69.9 Å². The Kier molecular flexibility index (Phi) is 10.2. The number of halogens is 6. The quantitative estimate of drug-likeness (QED) is 0.0525. The van der Waals surface area contributed by atoms with Gasteiger partial charge in [0.1, 0.15) is 19.3 Å². The van der Waals surface area contributed by atoms with E-state index in [1.165, 1.54) is 29.6 Å². The lowest BCUT2D eigenvalue weighted by Crippen LogP contribution is -2.45. The van der Waals surface area contributed by atoms with Crippen LogP contribution in [0.25, 0.3) is 42.5 Å². The summed E-state index contributed by atoms with van der Waals surface area (Å²) in [7, 11) is 0. The van der Waals surface area contributed by atoms with Crippen LogP contribution >= 0.6 is 34.0 Å². The first-order valence-electron chi connectivity index (χ1n) is 19.8. The number of ether oxygens (including phenoxy) is 2. The third-order valence-corrected chi connectivity index (χ3v) is 15.2. The summed E-state index contributed by atoms with van der Waals surface area (Å²) in [5.41, 5.74) is -3.68. The summed E-state index contributed by atoms with van der Waals surface area (Å²) in [5.74, 6) is -5.01. The summed E-state index contributed by atoms with van der Waals surface area (Å²) in [6.45, 7) is -0.525. The number of benzene rings is 4. The van der Waals surface area contributed by atoms with Crippen molar-refractivity contribution in [2.75, 3.05) is 0 Å². The van der Waals surface area contributed by atoms with E-state index in [9.17, 15) is 45.8 Å². The Morgan fingerprint density at radius 2 is 1.18 bits per heavy atom. The number of hydrogen-bond acceptors (Lipinski definition) is 11. The number of thiophene rings is 3. The lowest BCUT2D eigenvalue weighted by molar-refractivity contribution is -0.164. The molecule has 7 aromatic rings. The fourth-order valence-corrected chi connectivity index (χ4v) is 12.4. The molecule has 1 N–H and O–H groups in total. The first kappa shape index (κ1) is 43.1. The minimum Gasteiger partial charge on any atom is -0.459 e. The predicted octanol–water partition coefficient (Wildman–Crippen LogP) is 11.3. The number of fused-ring (bicyclic) bond motifs is 7. The molecule has 0 spiro atoms. The van der Waals surface area contributed by atoms with Gasteiger partial charge in [0.15, 0.2) is 5.78 Å². The SMILES string of the molecule is O=C1C(=O)c2cc(C(F)(F)F)ccc2/C1=C/c1cc2c(s1)-c1sc3cc(/C=C4\C(=O)C(O)c5cc(C(F)(F)F)ccc54)sc3c1C2(C(=O)OCc1ccccc1)C(=O)OCc1ccccc1. The first-order chi connectivity index (χ1) is 31.4. The van der Waals surface area contributed by atoms with E-state index in [0.29, 0.717) is 41.2 Å². The second-order valence-electron chi connectivity index (χ2n) is 15.5. The molecular weight excluding hydrogens is 927 g/mol. The summed E-state index contributed by atoms with van der Waals surface area (Å²) in [6, 6.07) is 25.6. The number of aliphatic hydroxyl groups excluding tert-OH is 1. The largest absolute Gasteiger partial charge is 0.459 e. The van der Waals surface area contributed by atoms with Crippen LogP contribution in [0.15, 0.2) is 109 Å². The second-order valence-corrected chi connectivity index (χ2v) is 18.7. The van der Waals surface area contributed by atoms with Gasteiger partial charge in [-0.05, 0) is 76.4 Å². The van der Waals surface area contributed by atoms with E-state index in [1.54, 1.807) is 66.7 Å². The molecule has 0 radical (unpaired) electrons. The smallest absolute Gasteiger partial charge is 0.416 e. The minimum atomic E-state index is -4.78. The Bertz CT molecular complexity index is 3240. The fourth-order valence-electron chi connectivity index (χ4n) is 8.43. The standard InChI is InChI=1S/C49H26F6O8S3/c50-48(51,52)25-11-13-29-31(15-25)38(56)40(58)33(29)17-27-19-35-42(64-27)44-37(47(35,45(60)62-21-23-7-3-1-4-8-23)46(61)63-22-24-9-5-2-6-10-24)43-36(66-44)20-28(65-43)18-34-30-14-12-26(49(53,54)55)16-32(30)39(57)41(34)59/h1-20,39,57H,21-22H2/b33-17-,34-18-. The number of carbonyl (C=O) groups excluding carboxylic acids is 5. The topological polar surface area (TPSA) is 124 Å². The normalized spacial score (nSPS) is 17.4. The molecule has 0 aliphatic heterocycles. The van der Waals surface area contributed by atoms with Crippen molar-refractivity contribution in [3.63, 3.8) is 0 Å². The van der Waals surface area contributed by atoms with Crippen LogP contribution in [0.2, 0.25) is 0 Å². The molecule has 8 nitrogen and oxygen atoms in total. The Morgan fingerprint density at radius 3 is 1.79 bits per heavy atom. The summed E-state index contributed by atoms with van der Waals surface area (Å²) in [6.07, 6.45) is -8.57. The second kappa shape index (κ2) is 15.7. The molecule has 330 valence electrons. The van der Waals surface area contributed by atoms with Gasteiger partial charge in [-0.15, -0.1) is 34.0 Å². The van der Waals surface area contributed by atoms with Crippen LogP contribution < -0.4 is 0 Å². The predicted molar refractivity (Wildman–Crippen MR) is 234 cm³/mol. The van der Waals surface area contributed by atoms with Crippen LogP contribution in [0.3, 0.4) is 0 Å². The zero-order valence-electron chi connectivity index (χ0n) is 33.3. The lowest BCUT2D eigenvalue weighted by atomic mass is 9.79. The van der Waals surface area contributed by atoms with Crippen molar-refractivity contribution in [1.29, 1.82) is 0 Å². The number of alkyl halides is 6. The van der Waals surface area contributed by atoms with Crippen molar-refractivity contribution in [1.82, 2.24) is 0 Å². The number of aliphatic hydroxyl groups is 1. The van der Waals surface area contributed by atoms with Gasteiger partial charge in [-0.3, -0.25) is 24.0 Å². The van der Waals surface area contributed by atoms with Gasteiger partial charge < -0.3 is 14.6 Å². The summed E-state index contributed by atoms with van der Waals surface area (Å²) < 4.78 is 94.5. The number of carbonyl (C=O) groups is 5. The number of hydrogen-bond donors (Lipinski definition) is 1. The third kappa shape index (κ3) is 6.96. The molecule has 4 aromatic carbocycles. The third-order valence-electron chi connectivity index (χ3n) is 11.5. The van der Waals surface area contributed by atoms with Crippen LogP contribution in [-0.2, 0) is 59.6 Å². The van der Waals surface area contributed by atoms with Gasteiger partial charge in [0.25, 0.3) is 0 Å². The molecule has 10 rings (SSSR count). The van der Waals surface area contributed by atoms with Crippen LogP contribution in [0, 0.1) is 0 Å². The molecular formula is C49H26F6O8S3. The summed E-state index contributed by atoms with van der Waals surface area (Å²) >= 11 is 3.33. The van der Waals surface area contributed by atoms with Gasteiger partial charge in [0, 0.05) is 42.3 Å². The monoisotopic (exact) mass is 952 g/mol. The number of rotatable bonds is 8. The highest BCUT2D eigenvalue weighted by Gasteiger charge is 2.61. The Labute approximate surface area is 380 Å². The fraction of sp³-hybridized carbons (Fsp3) is 0.122. The maximum atomic E-state index is 15.1. The van der Waals surface area contributed by atoms with Crippen molar-refractivity contribution in [3.8, 4) is 9.75 Å². The molecule has 1 unspecified atom stereocenters. The van der Waals surface area contributed by atoms with Gasteiger partial charge in [0.05, 0.1) is 25.6 Å².